The molecule has 1 rings (SSSR count). The Bertz CT molecular complexity index is 508. The van der Waals surface area contributed by atoms with Crippen LogP contribution in [0.5, 0.6) is 0 Å². The van der Waals surface area contributed by atoms with E-state index in [1.165, 1.54) is 12.1 Å². The zero-order chi connectivity index (χ0) is 12.3. The topological polar surface area (TPSA) is 71.4 Å². The van der Waals surface area contributed by atoms with Crippen LogP contribution < -0.4 is 0 Å². The molecule has 0 aliphatic carbocycles. The number of rotatable bonds is 4. The number of hydrogen-bond acceptors (Lipinski definition) is 3. The molecule has 0 fully saturated rings. The molecule has 1 N–H and O–H groups in total. The van der Waals surface area contributed by atoms with Crippen LogP contribution in [0, 0.1) is 0 Å². The number of carboxylic acids is 1. The summed E-state index contributed by atoms with van der Waals surface area (Å²) in [6, 6.07) is 4.51. The second-order valence-electron chi connectivity index (χ2n) is 3.38. The summed E-state index contributed by atoms with van der Waals surface area (Å²) in [5.74, 6) is -0.987. The standard InChI is InChI=1S/C10H11ClO4S/c1-16(14,15)9-4-2-3-8(11)7(9)5-6-10(12)13/h2-4H,5-6H2,1H3,(H,12,13). The highest BCUT2D eigenvalue weighted by Gasteiger charge is 2.16. The first-order valence-electron chi connectivity index (χ1n) is 4.51. The van der Waals surface area contributed by atoms with Gasteiger partial charge in [-0.2, -0.15) is 0 Å². The fourth-order valence-corrected chi connectivity index (χ4v) is 2.67. The number of halogens is 1. The van der Waals surface area contributed by atoms with E-state index >= 15 is 0 Å². The van der Waals surface area contributed by atoms with Crippen molar-refractivity contribution in [3.63, 3.8) is 0 Å². The first-order valence-corrected chi connectivity index (χ1v) is 6.78. The van der Waals surface area contributed by atoms with Crippen LogP contribution in [-0.4, -0.2) is 25.7 Å². The molecule has 4 nitrogen and oxygen atoms in total. The summed E-state index contributed by atoms with van der Waals surface area (Å²) in [6.07, 6.45) is 1.03. The summed E-state index contributed by atoms with van der Waals surface area (Å²) < 4.78 is 22.9. The zero-order valence-corrected chi connectivity index (χ0v) is 10.2. The monoisotopic (exact) mass is 262 g/mol. The van der Waals surface area contributed by atoms with Crippen LogP contribution in [0.4, 0.5) is 0 Å². The summed E-state index contributed by atoms with van der Waals surface area (Å²) in [5, 5.41) is 8.85. The van der Waals surface area contributed by atoms with Gasteiger partial charge in [-0.15, -0.1) is 0 Å². The van der Waals surface area contributed by atoms with Crippen LogP contribution in [-0.2, 0) is 21.1 Å². The third-order valence-electron chi connectivity index (χ3n) is 2.06. The van der Waals surface area contributed by atoms with Gasteiger partial charge in [-0.3, -0.25) is 4.79 Å². The van der Waals surface area contributed by atoms with E-state index in [0.717, 1.165) is 6.26 Å². The van der Waals surface area contributed by atoms with E-state index < -0.39 is 15.8 Å². The Kier molecular flexibility index (Phi) is 3.93. The van der Waals surface area contributed by atoms with E-state index in [0.29, 0.717) is 5.56 Å². The lowest BCUT2D eigenvalue weighted by Gasteiger charge is -2.08. The molecule has 88 valence electrons. The first-order chi connectivity index (χ1) is 7.32. The minimum absolute atomic E-state index is 0.0984. The van der Waals surface area contributed by atoms with Crippen LogP contribution in [0.15, 0.2) is 23.1 Å². The maximum Gasteiger partial charge on any atom is 0.303 e. The van der Waals surface area contributed by atoms with Crippen LogP contribution in [0.2, 0.25) is 5.02 Å². The Labute approximate surface area is 98.8 Å². The highest BCUT2D eigenvalue weighted by molar-refractivity contribution is 7.90. The molecule has 0 aliphatic heterocycles. The van der Waals surface area contributed by atoms with Gasteiger partial charge >= 0.3 is 5.97 Å². The molecule has 1 aromatic carbocycles. The van der Waals surface area contributed by atoms with Crippen molar-refractivity contribution in [1.82, 2.24) is 0 Å². The second kappa shape index (κ2) is 4.84. The SMILES string of the molecule is CS(=O)(=O)c1cccc(Cl)c1CCC(=O)O. The van der Waals surface area contributed by atoms with Gasteiger partial charge in [0.05, 0.1) is 4.90 Å². The molecule has 0 saturated heterocycles. The molecule has 6 heteroatoms. The highest BCUT2D eigenvalue weighted by Crippen LogP contribution is 2.25. The van der Waals surface area contributed by atoms with Crippen molar-refractivity contribution in [2.24, 2.45) is 0 Å². The molecule has 16 heavy (non-hydrogen) atoms. The predicted octanol–water partition coefficient (Wildman–Crippen LogP) is 1.76. The Morgan fingerprint density at radius 3 is 2.56 bits per heavy atom. The molecule has 0 bridgehead atoms. The van der Waals surface area contributed by atoms with Crippen molar-refractivity contribution >= 4 is 27.4 Å². The number of benzene rings is 1. The van der Waals surface area contributed by atoms with Crippen LogP contribution in [0.25, 0.3) is 0 Å². The smallest absolute Gasteiger partial charge is 0.303 e. The third-order valence-corrected chi connectivity index (χ3v) is 3.60. The van der Waals surface area contributed by atoms with Crippen molar-refractivity contribution in [2.45, 2.75) is 17.7 Å². The lowest BCUT2D eigenvalue weighted by Crippen LogP contribution is -2.05. The summed E-state index contributed by atoms with van der Waals surface area (Å²) >= 11 is 5.86. The molecule has 0 heterocycles. The molecule has 0 unspecified atom stereocenters. The van der Waals surface area contributed by atoms with Crippen LogP contribution in [0.1, 0.15) is 12.0 Å². The molecule has 0 spiro atoms. The van der Waals surface area contributed by atoms with Crippen molar-refractivity contribution in [1.29, 1.82) is 0 Å². The molecule has 0 atom stereocenters. The van der Waals surface area contributed by atoms with E-state index in [4.69, 9.17) is 16.7 Å². The molecule has 0 radical (unpaired) electrons. The molecule has 0 saturated carbocycles. The number of sulfone groups is 1. The number of carboxylic acid groups (broad SMARTS) is 1. The Morgan fingerprint density at radius 2 is 2.06 bits per heavy atom. The van der Waals surface area contributed by atoms with Gasteiger partial charge in [-0.25, -0.2) is 8.42 Å². The Morgan fingerprint density at radius 1 is 1.44 bits per heavy atom. The van der Waals surface area contributed by atoms with Gasteiger partial charge in [0, 0.05) is 17.7 Å². The Hall–Kier alpha value is -1.07. The Balaban J connectivity index is 3.19. The third kappa shape index (κ3) is 3.21. The van der Waals surface area contributed by atoms with Crippen molar-refractivity contribution in [3.8, 4) is 0 Å². The fourth-order valence-electron chi connectivity index (χ4n) is 1.36. The van der Waals surface area contributed by atoms with Crippen LogP contribution >= 0.6 is 11.6 Å². The maximum absolute atomic E-state index is 11.4. The van der Waals surface area contributed by atoms with E-state index in [-0.39, 0.29) is 22.8 Å². The van der Waals surface area contributed by atoms with Gasteiger partial charge in [0.25, 0.3) is 0 Å². The highest BCUT2D eigenvalue weighted by atomic mass is 35.5. The fraction of sp³-hybridized carbons (Fsp3) is 0.300. The largest absolute Gasteiger partial charge is 0.481 e. The lowest BCUT2D eigenvalue weighted by molar-refractivity contribution is -0.136. The molecule has 0 aliphatic rings. The van der Waals surface area contributed by atoms with Crippen molar-refractivity contribution in [2.75, 3.05) is 6.26 Å². The molecule has 1 aromatic rings. The summed E-state index contributed by atoms with van der Waals surface area (Å²) in [5.41, 5.74) is 0.370. The number of aliphatic carboxylic acids is 1. The zero-order valence-electron chi connectivity index (χ0n) is 8.60. The summed E-state index contributed by atoms with van der Waals surface area (Å²) in [4.78, 5) is 10.6. The van der Waals surface area contributed by atoms with Gasteiger partial charge in [-0.1, -0.05) is 17.7 Å². The normalized spacial score (nSPS) is 11.4. The van der Waals surface area contributed by atoms with E-state index in [2.05, 4.69) is 0 Å². The lowest BCUT2D eigenvalue weighted by atomic mass is 10.1. The minimum Gasteiger partial charge on any atom is -0.481 e. The van der Waals surface area contributed by atoms with Gasteiger partial charge in [0.15, 0.2) is 9.84 Å². The maximum atomic E-state index is 11.4. The molecule has 0 amide bonds. The quantitative estimate of drug-likeness (QED) is 0.898. The van der Waals surface area contributed by atoms with Gasteiger partial charge in [0.1, 0.15) is 0 Å². The van der Waals surface area contributed by atoms with Crippen molar-refractivity contribution in [3.05, 3.63) is 28.8 Å². The van der Waals surface area contributed by atoms with E-state index in [1.54, 1.807) is 6.07 Å². The summed E-state index contributed by atoms with van der Waals surface area (Å²) in [6.45, 7) is 0. The first kappa shape index (κ1) is 13.0. The van der Waals surface area contributed by atoms with Gasteiger partial charge in [0.2, 0.25) is 0 Å². The van der Waals surface area contributed by atoms with Gasteiger partial charge in [-0.05, 0) is 24.1 Å². The number of hydrogen-bond donors (Lipinski definition) is 1. The van der Waals surface area contributed by atoms with Crippen LogP contribution in [0.3, 0.4) is 0 Å². The van der Waals surface area contributed by atoms with E-state index in [9.17, 15) is 13.2 Å². The minimum atomic E-state index is -3.38. The van der Waals surface area contributed by atoms with Gasteiger partial charge < -0.3 is 5.11 Å². The average molecular weight is 263 g/mol. The predicted molar refractivity (Wildman–Crippen MR) is 60.5 cm³/mol. The number of carbonyl (C=O) groups is 1. The molecular weight excluding hydrogens is 252 g/mol. The van der Waals surface area contributed by atoms with E-state index in [1.807, 2.05) is 0 Å². The molecule has 0 aromatic heterocycles. The van der Waals surface area contributed by atoms with Crippen molar-refractivity contribution < 1.29 is 18.3 Å². The average Bonchev–Trinajstić information content (AvgIpc) is 2.13. The second-order valence-corrected chi connectivity index (χ2v) is 5.77. The summed E-state index contributed by atoms with van der Waals surface area (Å²) in [7, 11) is -3.38. The molecular formula is C10H11ClO4S.